The highest BCUT2D eigenvalue weighted by atomic mass is 79.9. The van der Waals surface area contributed by atoms with Gasteiger partial charge in [0.2, 0.25) is 11.8 Å². The van der Waals surface area contributed by atoms with Crippen molar-refractivity contribution in [3.05, 3.63) is 51.7 Å². The van der Waals surface area contributed by atoms with Gasteiger partial charge in [-0.05, 0) is 55.2 Å². The van der Waals surface area contributed by atoms with Gasteiger partial charge in [0.15, 0.2) is 0 Å². The van der Waals surface area contributed by atoms with E-state index in [1.807, 2.05) is 29.2 Å². The first-order valence-electron chi connectivity index (χ1n) is 10.9. The fourth-order valence-corrected chi connectivity index (χ4v) is 6.64. The first kappa shape index (κ1) is 23.5. The molecule has 1 saturated carbocycles. The zero-order valence-corrected chi connectivity index (χ0v) is 21.2. The molecule has 4 aliphatic rings. The number of likely N-dealkylation sites (tertiary alicyclic amines) is 1. The zero-order valence-electron chi connectivity index (χ0n) is 18.0. The predicted molar refractivity (Wildman–Crippen MR) is 132 cm³/mol. The monoisotopic (exact) mass is 563 g/mol. The molecule has 2 saturated heterocycles. The van der Waals surface area contributed by atoms with Gasteiger partial charge in [0.05, 0.1) is 5.75 Å². The van der Waals surface area contributed by atoms with Crippen molar-refractivity contribution in [1.29, 1.82) is 0 Å². The molecule has 1 aromatic rings. The molecular weight excluding hydrogens is 542 g/mol. The van der Waals surface area contributed by atoms with E-state index in [4.69, 9.17) is 0 Å². The van der Waals surface area contributed by atoms with Crippen LogP contribution in [0.25, 0.3) is 0 Å². The number of hydrogen-bond acceptors (Lipinski definition) is 6. The molecule has 2 N–H and O–H groups in total. The third-order valence-electron chi connectivity index (χ3n) is 6.19. The number of nitrogens with zero attached hydrogens (tertiary/aromatic N) is 2. The van der Waals surface area contributed by atoms with Gasteiger partial charge >= 0.3 is 5.97 Å². The molecule has 5 rings (SSSR count). The van der Waals surface area contributed by atoms with Crippen molar-refractivity contribution in [1.82, 2.24) is 15.1 Å². The van der Waals surface area contributed by atoms with Crippen molar-refractivity contribution < 1.29 is 24.3 Å². The first-order chi connectivity index (χ1) is 16.3. The highest BCUT2D eigenvalue weighted by molar-refractivity contribution is 9.10. The van der Waals surface area contributed by atoms with Crippen LogP contribution in [0.3, 0.4) is 0 Å². The maximum atomic E-state index is 12.8. The number of halogens is 1. The van der Waals surface area contributed by atoms with Gasteiger partial charge in [0, 0.05) is 33.3 Å². The number of rotatable bonds is 7. The first-order valence-corrected chi connectivity index (χ1v) is 13.8. The van der Waals surface area contributed by atoms with E-state index in [0.29, 0.717) is 35.9 Å². The van der Waals surface area contributed by atoms with E-state index in [0.717, 1.165) is 22.2 Å². The van der Waals surface area contributed by atoms with Gasteiger partial charge in [-0.1, -0.05) is 15.9 Å². The Bertz CT molecular complexity index is 1130. The number of aliphatic carboxylic acids is 1. The fourth-order valence-electron chi connectivity index (χ4n) is 4.36. The van der Waals surface area contributed by atoms with Gasteiger partial charge < -0.3 is 15.3 Å². The van der Waals surface area contributed by atoms with E-state index in [1.54, 1.807) is 6.08 Å². The summed E-state index contributed by atoms with van der Waals surface area (Å²) >= 11 is 6.14. The van der Waals surface area contributed by atoms with Gasteiger partial charge in [0.25, 0.3) is 5.91 Å². The molecule has 3 amide bonds. The summed E-state index contributed by atoms with van der Waals surface area (Å²) in [4.78, 5) is 54.1. The normalized spacial score (nSPS) is 25.5. The number of allylic oxidation sites excluding steroid dienone is 1. The Morgan fingerprint density at radius 1 is 1.24 bits per heavy atom. The molecule has 0 radical (unpaired) electrons. The summed E-state index contributed by atoms with van der Waals surface area (Å²) in [6.45, 7) is 0.663. The Balaban J connectivity index is 1.25. The molecule has 8 nitrogen and oxygen atoms in total. The summed E-state index contributed by atoms with van der Waals surface area (Å²) < 4.78 is 0.950. The number of benzene rings is 1. The lowest BCUT2D eigenvalue weighted by atomic mass is 10.0. The van der Waals surface area contributed by atoms with Gasteiger partial charge in [-0.25, -0.2) is 4.79 Å². The Morgan fingerprint density at radius 2 is 1.97 bits per heavy atom. The molecule has 3 heterocycles. The second-order valence-corrected chi connectivity index (χ2v) is 11.6. The smallest absolute Gasteiger partial charge is 0.352 e. The Hall–Kier alpha value is -2.24. The number of nitrogens with one attached hydrogen (secondary N) is 1. The second kappa shape index (κ2) is 9.43. The molecule has 11 heteroatoms. The summed E-state index contributed by atoms with van der Waals surface area (Å²) in [6.07, 6.45) is 4.29. The topological polar surface area (TPSA) is 107 Å². The average molecular weight is 564 g/mol. The molecule has 3 aliphatic heterocycles. The van der Waals surface area contributed by atoms with E-state index in [2.05, 4.69) is 21.2 Å². The minimum absolute atomic E-state index is 0.0322. The number of amides is 3. The van der Waals surface area contributed by atoms with Crippen LogP contribution in [-0.2, 0) is 19.2 Å². The van der Waals surface area contributed by atoms with Crippen LogP contribution in [0, 0.1) is 0 Å². The lowest BCUT2D eigenvalue weighted by Crippen LogP contribution is -2.70. The minimum Gasteiger partial charge on any atom is -0.477 e. The lowest BCUT2D eigenvalue weighted by Gasteiger charge is -2.49. The lowest BCUT2D eigenvalue weighted by molar-refractivity contribution is -0.150. The van der Waals surface area contributed by atoms with E-state index >= 15 is 0 Å². The van der Waals surface area contributed by atoms with Crippen LogP contribution < -0.4 is 5.32 Å². The summed E-state index contributed by atoms with van der Waals surface area (Å²) in [5.41, 5.74) is 0.981. The Kier molecular flexibility index (Phi) is 6.51. The highest BCUT2D eigenvalue weighted by Gasteiger charge is 2.54. The predicted octanol–water partition coefficient (Wildman–Crippen LogP) is 2.60. The molecule has 2 atom stereocenters. The molecule has 0 unspecified atom stereocenters. The number of hydrogen-bond donors (Lipinski definition) is 2. The van der Waals surface area contributed by atoms with Gasteiger partial charge in [-0.2, -0.15) is 0 Å². The summed E-state index contributed by atoms with van der Waals surface area (Å²) in [5.74, 6) is -1.44. The van der Waals surface area contributed by atoms with Crippen LogP contribution in [-0.4, -0.2) is 74.1 Å². The van der Waals surface area contributed by atoms with Crippen molar-refractivity contribution in [3.63, 3.8) is 0 Å². The molecule has 0 bridgehead atoms. The van der Waals surface area contributed by atoms with E-state index in [9.17, 15) is 24.3 Å². The van der Waals surface area contributed by atoms with Crippen molar-refractivity contribution >= 4 is 63.1 Å². The number of carboxylic acid groups (broad SMARTS) is 1. The third kappa shape index (κ3) is 4.52. The molecule has 0 aromatic heterocycles. The van der Waals surface area contributed by atoms with Crippen LogP contribution in [0.5, 0.6) is 0 Å². The van der Waals surface area contributed by atoms with Gasteiger partial charge in [0.1, 0.15) is 17.1 Å². The average Bonchev–Trinajstić information content (AvgIpc) is 3.60. The molecule has 1 aliphatic carbocycles. The number of fused-ring (bicyclic) bond motifs is 1. The number of carbonyl (C=O) groups is 4. The SMILES string of the molecule is O=C(CSc1ccc(Br)cc1)N[C@@H]1C(=O)N2C(C(=O)O)=C(C=C3CCN(C4CC4)C3=O)CS[C@H]12. The molecule has 178 valence electrons. The summed E-state index contributed by atoms with van der Waals surface area (Å²) in [5, 5.41) is 12.1. The fraction of sp³-hybridized carbons (Fsp3) is 0.391. The number of thioether (sulfide) groups is 2. The molecule has 1 aromatic carbocycles. The van der Waals surface area contributed by atoms with E-state index < -0.39 is 23.3 Å². The maximum absolute atomic E-state index is 12.8. The van der Waals surface area contributed by atoms with Crippen LogP contribution in [0.1, 0.15) is 19.3 Å². The quantitative estimate of drug-likeness (QED) is 0.298. The van der Waals surface area contributed by atoms with Crippen LogP contribution in [0.4, 0.5) is 0 Å². The Labute approximate surface area is 213 Å². The van der Waals surface area contributed by atoms with Crippen LogP contribution in [0.15, 0.2) is 56.6 Å². The van der Waals surface area contributed by atoms with Crippen molar-refractivity contribution in [2.75, 3.05) is 18.1 Å². The van der Waals surface area contributed by atoms with Crippen LogP contribution in [0.2, 0.25) is 0 Å². The summed E-state index contributed by atoms with van der Waals surface area (Å²) in [7, 11) is 0. The molecular formula is C23H22BrN3O5S2. The maximum Gasteiger partial charge on any atom is 0.352 e. The number of carboxylic acids is 1. The van der Waals surface area contributed by atoms with E-state index in [-0.39, 0.29) is 23.3 Å². The van der Waals surface area contributed by atoms with Gasteiger partial charge in [-0.3, -0.25) is 19.3 Å². The van der Waals surface area contributed by atoms with Crippen molar-refractivity contribution in [2.45, 2.75) is 41.6 Å². The number of carbonyl (C=O) groups excluding carboxylic acids is 3. The Morgan fingerprint density at radius 3 is 2.65 bits per heavy atom. The second-order valence-electron chi connectivity index (χ2n) is 8.53. The van der Waals surface area contributed by atoms with Crippen LogP contribution >= 0.6 is 39.5 Å². The van der Waals surface area contributed by atoms with Gasteiger partial charge in [-0.15, -0.1) is 23.5 Å². The zero-order chi connectivity index (χ0) is 24.0. The third-order valence-corrected chi connectivity index (χ3v) is 9.04. The van der Waals surface area contributed by atoms with Crippen molar-refractivity contribution in [3.8, 4) is 0 Å². The van der Waals surface area contributed by atoms with E-state index in [1.165, 1.54) is 28.4 Å². The molecule has 0 spiro atoms. The highest BCUT2D eigenvalue weighted by Crippen LogP contribution is 2.42. The van der Waals surface area contributed by atoms with Crippen molar-refractivity contribution in [2.24, 2.45) is 0 Å². The molecule has 34 heavy (non-hydrogen) atoms. The summed E-state index contributed by atoms with van der Waals surface area (Å²) in [6, 6.07) is 7.13. The minimum atomic E-state index is -1.20. The largest absolute Gasteiger partial charge is 0.477 e. The standard InChI is InChI=1S/C23H22BrN3O5S2/c24-14-1-5-16(6-2-14)33-11-17(28)25-18-21(30)27-19(23(31)32)13(10-34-22(18)27)9-12-7-8-26(20(12)29)15-3-4-15/h1-2,5-6,9,15,18,22H,3-4,7-8,10-11H2,(H,25,28)(H,31,32)/t18-,22-/m1/s1. The molecule has 3 fully saturated rings. The number of β-lactam (4-membered cyclic amide) rings is 1.